The number of esters is 2. The van der Waals surface area contributed by atoms with Crippen molar-refractivity contribution in [1.82, 2.24) is 0 Å². The fraction of sp³-hybridized carbons (Fsp3) is 0.182. The Morgan fingerprint density at radius 3 is 2.19 bits per heavy atom. The lowest BCUT2D eigenvalue weighted by Gasteiger charge is -2.16. The number of ether oxygens (including phenoxy) is 2. The maximum absolute atomic E-state index is 12.6. The first kappa shape index (κ1) is 17.7. The van der Waals surface area contributed by atoms with Crippen molar-refractivity contribution in [2.75, 3.05) is 14.2 Å². The monoisotopic (exact) mass is 348 g/mol. The summed E-state index contributed by atoms with van der Waals surface area (Å²) in [6, 6.07) is 17.3. The Morgan fingerprint density at radius 1 is 0.846 bits per heavy atom. The number of benzene rings is 3. The van der Waals surface area contributed by atoms with Crippen LogP contribution in [0.2, 0.25) is 0 Å². The molecule has 0 amide bonds. The summed E-state index contributed by atoms with van der Waals surface area (Å²) in [5.41, 5.74) is 3.95. The van der Waals surface area contributed by atoms with E-state index in [4.69, 9.17) is 9.47 Å². The van der Waals surface area contributed by atoms with E-state index < -0.39 is 5.97 Å². The predicted molar refractivity (Wildman–Crippen MR) is 101 cm³/mol. The molecule has 0 aliphatic rings. The van der Waals surface area contributed by atoms with Crippen LogP contribution in [0.25, 0.3) is 21.9 Å². The van der Waals surface area contributed by atoms with Gasteiger partial charge in [-0.25, -0.2) is 4.79 Å². The Labute approximate surface area is 152 Å². The number of carbonyl (C=O) groups is 2. The molecule has 0 saturated heterocycles. The largest absolute Gasteiger partial charge is 0.469 e. The van der Waals surface area contributed by atoms with E-state index in [0.29, 0.717) is 5.56 Å². The van der Waals surface area contributed by atoms with Gasteiger partial charge in [-0.3, -0.25) is 4.79 Å². The first-order valence-corrected chi connectivity index (χ1v) is 8.32. The van der Waals surface area contributed by atoms with Gasteiger partial charge in [-0.15, -0.1) is 0 Å². The number of rotatable bonds is 4. The molecule has 0 aliphatic carbocycles. The minimum atomic E-state index is -0.399. The number of fused-ring (bicyclic) bond motifs is 1. The van der Waals surface area contributed by atoms with Crippen LogP contribution in [0.1, 0.15) is 21.5 Å². The topological polar surface area (TPSA) is 52.6 Å². The lowest BCUT2D eigenvalue weighted by atomic mass is 9.88. The van der Waals surface area contributed by atoms with Crippen LogP contribution in [0, 0.1) is 6.92 Å². The van der Waals surface area contributed by atoms with E-state index in [1.165, 1.54) is 14.2 Å². The Balaban J connectivity index is 2.32. The lowest BCUT2D eigenvalue weighted by molar-refractivity contribution is -0.139. The van der Waals surface area contributed by atoms with Crippen LogP contribution in [-0.2, 0) is 20.7 Å². The summed E-state index contributed by atoms with van der Waals surface area (Å²) in [5.74, 6) is -0.723. The second kappa shape index (κ2) is 7.40. The molecule has 0 N–H and O–H groups in total. The third-order valence-corrected chi connectivity index (χ3v) is 4.51. The summed E-state index contributed by atoms with van der Waals surface area (Å²) >= 11 is 0. The number of hydrogen-bond donors (Lipinski definition) is 0. The highest BCUT2D eigenvalue weighted by atomic mass is 16.5. The van der Waals surface area contributed by atoms with Crippen LogP contribution in [0.5, 0.6) is 0 Å². The molecule has 26 heavy (non-hydrogen) atoms. The molecule has 0 spiro atoms. The molecule has 0 aromatic heterocycles. The van der Waals surface area contributed by atoms with Gasteiger partial charge in [0.2, 0.25) is 0 Å². The van der Waals surface area contributed by atoms with Gasteiger partial charge in [-0.1, -0.05) is 48.5 Å². The van der Waals surface area contributed by atoms with Crippen LogP contribution in [-0.4, -0.2) is 26.2 Å². The van der Waals surface area contributed by atoms with Crippen molar-refractivity contribution in [2.24, 2.45) is 0 Å². The van der Waals surface area contributed by atoms with Crippen molar-refractivity contribution in [3.8, 4) is 11.1 Å². The van der Waals surface area contributed by atoms with Crippen molar-refractivity contribution in [3.05, 3.63) is 71.3 Å². The molecular weight excluding hydrogens is 328 g/mol. The van der Waals surface area contributed by atoms with Gasteiger partial charge in [0, 0.05) is 0 Å². The maximum atomic E-state index is 12.6. The molecule has 4 heteroatoms. The molecule has 0 saturated carbocycles. The van der Waals surface area contributed by atoms with Gasteiger partial charge in [-0.05, 0) is 46.0 Å². The molecule has 0 atom stereocenters. The fourth-order valence-corrected chi connectivity index (χ4v) is 3.26. The van der Waals surface area contributed by atoms with Crippen molar-refractivity contribution in [2.45, 2.75) is 13.3 Å². The number of carbonyl (C=O) groups excluding carboxylic acids is 2. The molecule has 3 aromatic rings. The Morgan fingerprint density at radius 2 is 1.50 bits per heavy atom. The van der Waals surface area contributed by atoms with Crippen molar-refractivity contribution >= 4 is 22.7 Å². The van der Waals surface area contributed by atoms with E-state index in [1.54, 1.807) is 0 Å². The zero-order chi connectivity index (χ0) is 18.7. The van der Waals surface area contributed by atoms with Gasteiger partial charge in [0.05, 0.1) is 26.2 Å². The second-order valence-corrected chi connectivity index (χ2v) is 6.06. The standard InChI is InChI=1S/C22H20O4/c1-14-12-19(17-10-5-4-8-15(17)13-20(23)25-2)21(22(24)26-3)18-11-7-6-9-16(14)18/h4-12H,13H2,1-3H3. The Kier molecular flexibility index (Phi) is 5.03. The highest BCUT2D eigenvalue weighted by Crippen LogP contribution is 2.35. The molecule has 3 rings (SSSR count). The van der Waals surface area contributed by atoms with Gasteiger partial charge >= 0.3 is 11.9 Å². The van der Waals surface area contributed by atoms with Crippen LogP contribution < -0.4 is 0 Å². The Hall–Kier alpha value is -3.14. The van der Waals surface area contributed by atoms with Gasteiger partial charge in [0.15, 0.2) is 0 Å². The lowest BCUT2D eigenvalue weighted by Crippen LogP contribution is -2.09. The summed E-state index contributed by atoms with van der Waals surface area (Å²) in [4.78, 5) is 24.4. The third-order valence-electron chi connectivity index (χ3n) is 4.51. The number of aryl methyl sites for hydroxylation is 1. The third kappa shape index (κ3) is 3.18. The molecular formula is C22H20O4. The summed E-state index contributed by atoms with van der Waals surface area (Å²) in [6.07, 6.45) is 0.138. The van der Waals surface area contributed by atoms with Gasteiger partial charge in [0.25, 0.3) is 0 Å². The summed E-state index contributed by atoms with van der Waals surface area (Å²) in [5, 5.41) is 1.84. The van der Waals surface area contributed by atoms with Crippen LogP contribution in [0.3, 0.4) is 0 Å². The fourth-order valence-electron chi connectivity index (χ4n) is 3.26. The summed E-state index contributed by atoms with van der Waals surface area (Å²) < 4.78 is 9.87. The van der Waals surface area contributed by atoms with Crippen LogP contribution in [0.4, 0.5) is 0 Å². The molecule has 0 heterocycles. The van der Waals surface area contributed by atoms with E-state index in [0.717, 1.165) is 33.0 Å². The van der Waals surface area contributed by atoms with E-state index in [1.807, 2.05) is 61.5 Å². The minimum Gasteiger partial charge on any atom is -0.469 e. The van der Waals surface area contributed by atoms with Crippen molar-refractivity contribution in [3.63, 3.8) is 0 Å². The number of methoxy groups -OCH3 is 2. The molecule has 0 fully saturated rings. The molecule has 4 nitrogen and oxygen atoms in total. The predicted octanol–water partition coefficient (Wildman–Crippen LogP) is 4.32. The zero-order valence-electron chi connectivity index (χ0n) is 15.0. The van der Waals surface area contributed by atoms with E-state index in [2.05, 4.69) is 0 Å². The average molecular weight is 348 g/mol. The highest BCUT2D eigenvalue weighted by molar-refractivity contribution is 6.11. The van der Waals surface area contributed by atoms with Gasteiger partial charge in [0.1, 0.15) is 0 Å². The number of hydrogen-bond acceptors (Lipinski definition) is 4. The summed E-state index contributed by atoms with van der Waals surface area (Å²) in [7, 11) is 2.74. The molecule has 0 unspecified atom stereocenters. The summed E-state index contributed by atoms with van der Waals surface area (Å²) in [6.45, 7) is 2.01. The van der Waals surface area contributed by atoms with E-state index >= 15 is 0 Å². The highest BCUT2D eigenvalue weighted by Gasteiger charge is 2.21. The molecule has 0 bridgehead atoms. The molecule has 132 valence electrons. The normalized spacial score (nSPS) is 10.6. The average Bonchev–Trinajstić information content (AvgIpc) is 2.67. The van der Waals surface area contributed by atoms with Crippen molar-refractivity contribution in [1.29, 1.82) is 0 Å². The first-order valence-electron chi connectivity index (χ1n) is 8.32. The van der Waals surface area contributed by atoms with Gasteiger partial charge in [-0.2, -0.15) is 0 Å². The molecule has 0 aliphatic heterocycles. The smallest absolute Gasteiger partial charge is 0.339 e. The van der Waals surface area contributed by atoms with Crippen molar-refractivity contribution < 1.29 is 19.1 Å². The molecule has 0 radical (unpaired) electrons. The van der Waals surface area contributed by atoms with Crippen LogP contribution in [0.15, 0.2) is 54.6 Å². The zero-order valence-corrected chi connectivity index (χ0v) is 15.0. The van der Waals surface area contributed by atoms with Gasteiger partial charge < -0.3 is 9.47 Å². The first-order chi connectivity index (χ1) is 12.6. The SMILES string of the molecule is COC(=O)Cc1ccccc1-c1cc(C)c2ccccc2c1C(=O)OC. The minimum absolute atomic E-state index is 0.138. The van der Waals surface area contributed by atoms with E-state index in [9.17, 15) is 9.59 Å². The Bertz CT molecular complexity index is 989. The quantitative estimate of drug-likeness (QED) is 0.659. The van der Waals surface area contributed by atoms with Crippen LogP contribution >= 0.6 is 0 Å². The van der Waals surface area contributed by atoms with E-state index in [-0.39, 0.29) is 12.4 Å². The molecule has 3 aromatic carbocycles. The maximum Gasteiger partial charge on any atom is 0.339 e. The second-order valence-electron chi connectivity index (χ2n) is 6.06.